The van der Waals surface area contributed by atoms with Crippen LogP contribution in [-0.2, 0) is 0 Å². The fourth-order valence-corrected chi connectivity index (χ4v) is 7.99. The van der Waals surface area contributed by atoms with Crippen LogP contribution in [-0.4, -0.2) is 50.3 Å². The minimum atomic E-state index is -3.32. The van der Waals surface area contributed by atoms with Crippen LogP contribution in [0, 0.1) is 0 Å². The molecule has 0 aromatic heterocycles. The van der Waals surface area contributed by atoms with Crippen molar-refractivity contribution in [2.45, 2.75) is 38.6 Å². The molecule has 2 saturated heterocycles. The summed E-state index contributed by atoms with van der Waals surface area (Å²) in [4.78, 5) is 12.8. The number of benzene rings is 2. The normalized spacial score (nSPS) is 39.0. The smallest absolute Gasteiger partial charge is 0.199 e. The van der Waals surface area contributed by atoms with Crippen molar-refractivity contribution in [3.63, 3.8) is 0 Å². The summed E-state index contributed by atoms with van der Waals surface area (Å²) in [6.07, 6.45) is -9.07. The lowest BCUT2D eigenvalue weighted by molar-refractivity contribution is -0.504. The predicted molar refractivity (Wildman–Crippen MR) is 143 cm³/mol. The molecule has 2 aromatic carbocycles. The number of anilines is 1. The maximum atomic E-state index is 12.4. The zero-order chi connectivity index (χ0) is 38.5. The van der Waals surface area contributed by atoms with E-state index in [-0.39, 0.29) is 22.5 Å². The van der Waals surface area contributed by atoms with E-state index in [0.717, 1.165) is 0 Å². The number of allylic oxidation sites excluding steroid dienone is 5. The highest BCUT2D eigenvalue weighted by atomic mass is 28.3. The molecule has 0 unspecified atom stereocenters. The molecular formula is C30H32N2O2Si. The van der Waals surface area contributed by atoms with Crippen molar-refractivity contribution in [3.05, 3.63) is 88.2 Å². The van der Waals surface area contributed by atoms with Crippen molar-refractivity contribution in [3.8, 4) is 0 Å². The van der Waals surface area contributed by atoms with Gasteiger partial charge >= 0.3 is 0 Å². The van der Waals surface area contributed by atoms with Crippen LogP contribution in [0.3, 0.4) is 0 Å². The van der Waals surface area contributed by atoms with Gasteiger partial charge in [0.05, 0.1) is 5.97 Å². The lowest BCUT2D eigenvalue weighted by Gasteiger charge is -2.38. The van der Waals surface area contributed by atoms with Gasteiger partial charge in [-0.25, -0.2) is 4.58 Å². The molecule has 0 saturated carbocycles. The number of carbonyl (C=O) groups excluding carboxylic acids is 1. The highest BCUT2D eigenvalue weighted by Gasteiger charge is 2.41. The summed E-state index contributed by atoms with van der Waals surface area (Å²) >= 11 is 0. The SMILES string of the molecule is [2H]C1([2H])N(c2ccc3c(c2)[Si](C)(C)C2=CC(=[N+]4C([2H])([2H])C([2H])([2H])C([2H])([2H])C4([2H])[2H])C=CC2=C3c2ccccc2C(=O)[O-])C([2H])([2H])C([2H])([2H])C1([2H])[2H]. The Morgan fingerprint density at radius 2 is 1.74 bits per heavy atom. The molecule has 0 atom stereocenters. The molecule has 0 radical (unpaired) electrons. The summed E-state index contributed by atoms with van der Waals surface area (Å²) < 4.78 is 135. The topological polar surface area (TPSA) is 46.4 Å². The van der Waals surface area contributed by atoms with Crippen molar-refractivity contribution in [1.29, 1.82) is 0 Å². The third-order valence-corrected chi connectivity index (χ3v) is 10.1. The third-order valence-electron chi connectivity index (χ3n) is 6.62. The van der Waals surface area contributed by atoms with Gasteiger partial charge in [0.25, 0.3) is 0 Å². The first-order chi connectivity index (χ1) is 23.0. The predicted octanol–water partition coefficient (Wildman–Crippen LogP) is 3.66. The van der Waals surface area contributed by atoms with Gasteiger partial charge in [0.2, 0.25) is 0 Å². The Morgan fingerprint density at radius 1 is 1.00 bits per heavy atom. The number of hydrogen-bond donors (Lipinski definition) is 0. The maximum absolute atomic E-state index is 12.4. The summed E-state index contributed by atoms with van der Waals surface area (Å²) in [7, 11) is -3.25. The van der Waals surface area contributed by atoms with Gasteiger partial charge in [-0.1, -0.05) is 43.4 Å². The van der Waals surface area contributed by atoms with Gasteiger partial charge in [-0.05, 0) is 63.6 Å². The molecule has 6 rings (SSSR count). The highest BCUT2D eigenvalue weighted by Crippen LogP contribution is 2.42. The van der Waals surface area contributed by atoms with Crippen molar-refractivity contribution in [1.82, 2.24) is 0 Å². The zero-order valence-electron chi connectivity index (χ0n) is 35.0. The Morgan fingerprint density at radius 3 is 2.49 bits per heavy atom. The molecule has 3 heterocycles. The fourth-order valence-electron chi connectivity index (χ4n) is 4.92. The first-order valence-electron chi connectivity index (χ1n) is 19.1. The number of hydrogen-bond acceptors (Lipinski definition) is 3. The number of aromatic carboxylic acids is 1. The number of carboxylic acid groups (broad SMARTS) is 1. The average Bonchev–Trinajstić information content (AvgIpc) is 3.12. The van der Waals surface area contributed by atoms with Crippen LogP contribution in [0.2, 0.25) is 13.1 Å². The Kier molecular flexibility index (Phi) is 2.63. The Balaban J connectivity index is 1.70. The summed E-state index contributed by atoms with van der Waals surface area (Å²) in [6, 6.07) is 10.1. The fraction of sp³-hybridized carbons (Fsp3) is 0.333. The largest absolute Gasteiger partial charge is 0.545 e. The van der Waals surface area contributed by atoms with Gasteiger partial charge in [-0.15, -0.1) is 0 Å². The van der Waals surface area contributed by atoms with Crippen LogP contribution in [0.5, 0.6) is 0 Å². The first-order valence-corrected chi connectivity index (χ1v) is 14.1. The number of carboxylic acids is 1. The van der Waals surface area contributed by atoms with E-state index in [4.69, 9.17) is 21.9 Å². The second-order valence-corrected chi connectivity index (χ2v) is 13.2. The summed E-state index contributed by atoms with van der Waals surface area (Å²) in [5.41, 5.74) is 0.752. The molecule has 4 aliphatic rings. The number of carbonyl (C=O) groups is 1. The van der Waals surface area contributed by atoms with Gasteiger partial charge in [0.1, 0.15) is 26.6 Å². The molecule has 0 N–H and O–H groups in total. The van der Waals surface area contributed by atoms with Gasteiger partial charge in [-0.2, -0.15) is 0 Å². The van der Waals surface area contributed by atoms with Gasteiger partial charge in [0.15, 0.2) is 5.71 Å². The van der Waals surface area contributed by atoms with Crippen molar-refractivity contribution in [2.75, 3.05) is 30.9 Å². The van der Waals surface area contributed by atoms with E-state index >= 15 is 0 Å². The van der Waals surface area contributed by atoms with Crippen LogP contribution in [0.1, 0.15) is 68.9 Å². The summed E-state index contributed by atoms with van der Waals surface area (Å²) in [5, 5.41) is 13.2. The number of fused-ring (bicyclic) bond motifs is 2. The summed E-state index contributed by atoms with van der Waals surface area (Å²) in [6.45, 7) is -9.15. The third kappa shape index (κ3) is 3.64. The van der Waals surface area contributed by atoms with Crippen LogP contribution in [0.4, 0.5) is 5.69 Å². The number of nitrogens with zero attached hydrogens (tertiary/aromatic N) is 2. The van der Waals surface area contributed by atoms with Crippen molar-refractivity contribution >= 4 is 36.2 Å². The molecule has 0 spiro atoms. The lowest BCUT2D eigenvalue weighted by atomic mass is 9.87. The minimum absolute atomic E-state index is 0.184. The molecule has 2 aromatic rings. The zero-order valence-corrected chi connectivity index (χ0v) is 20.0. The monoisotopic (exact) mass is 496 g/mol. The number of rotatable bonds is 3. The second-order valence-electron chi connectivity index (χ2n) is 8.91. The van der Waals surface area contributed by atoms with Crippen molar-refractivity contribution < 1.29 is 36.4 Å². The molecule has 5 heteroatoms. The van der Waals surface area contributed by atoms with Crippen LogP contribution in [0.15, 0.2) is 71.5 Å². The Labute approximate surface area is 231 Å². The molecule has 2 fully saturated rings. The van der Waals surface area contributed by atoms with Gasteiger partial charge < -0.3 is 14.8 Å². The average molecular weight is 497 g/mol. The molecule has 1 aliphatic carbocycles. The quantitative estimate of drug-likeness (QED) is 0.481. The molecule has 0 amide bonds. The summed E-state index contributed by atoms with van der Waals surface area (Å²) in [5.74, 6) is -1.51. The van der Waals surface area contributed by atoms with Gasteiger partial charge in [0, 0.05) is 65.6 Å². The maximum Gasteiger partial charge on any atom is 0.199 e. The van der Waals surface area contributed by atoms with Crippen LogP contribution < -0.4 is 15.2 Å². The standard InChI is InChI=1S/C30H32N2O2Si/c1-35(2)27-19-21(31-15-5-6-16-31)11-13-25(27)29(23-9-3-4-10-24(23)30(33)34)26-14-12-22(20-28(26)35)32-17-7-8-18-32/h3-4,9-14,19-20H,5-8,15-18H2,1-2H3/i5D2,6D2,7D2,8D2,15D2,16D2,17D2,18D2. The van der Waals surface area contributed by atoms with Crippen molar-refractivity contribution in [2.24, 2.45) is 0 Å². The van der Waals surface area contributed by atoms with E-state index in [1.54, 1.807) is 6.07 Å². The van der Waals surface area contributed by atoms with E-state index in [1.165, 1.54) is 54.6 Å². The van der Waals surface area contributed by atoms with E-state index < -0.39 is 65.5 Å². The van der Waals surface area contributed by atoms with E-state index in [9.17, 15) is 9.90 Å². The molecule has 0 bridgehead atoms. The van der Waals surface area contributed by atoms with Crippen LogP contribution in [0.25, 0.3) is 5.57 Å². The molecule has 3 aliphatic heterocycles. The van der Waals surface area contributed by atoms with Crippen LogP contribution >= 0.6 is 0 Å². The molecule has 178 valence electrons. The minimum Gasteiger partial charge on any atom is -0.545 e. The lowest BCUT2D eigenvalue weighted by Crippen LogP contribution is -2.50. The first kappa shape index (κ1) is 10.8. The van der Waals surface area contributed by atoms with E-state index in [1.807, 2.05) is 13.1 Å². The van der Waals surface area contributed by atoms with E-state index in [2.05, 4.69) is 0 Å². The highest BCUT2D eigenvalue weighted by molar-refractivity contribution is 6.98. The second kappa shape index (κ2) is 8.49. The molecule has 4 nitrogen and oxygen atoms in total. The Hall–Kier alpha value is -3.18. The molecular weight excluding hydrogens is 448 g/mol. The molecule has 35 heavy (non-hydrogen) atoms. The van der Waals surface area contributed by atoms with E-state index in [0.29, 0.717) is 36.6 Å². The van der Waals surface area contributed by atoms with Gasteiger partial charge in [-0.3, -0.25) is 0 Å². The Bertz CT molecular complexity index is 1990.